The lowest BCUT2D eigenvalue weighted by Gasteiger charge is -2.10. The Morgan fingerprint density at radius 3 is 2.46 bits per heavy atom. The van der Waals surface area contributed by atoms with Crippen LogP contribution in [0.1, 0.15) is 41.3 Å². The van der Waals surface area contributed by atoms with Crippen molar-refractivity contribution in [3.05, 3.63) is 59.2 Å². The van der Waals surface area contributed by atoms with Gasteiger partial charge in [-0.2, -0.15) is 0 Å². The summed E-state index contributed by atoms with van der Waals surface area (Å²) >= 11 is 0. The van der Waals surface area contributed by atoms with E-state index in [1.165, 1.54) is 0 Å². The van der Waals surface area contributed by atoms with E-state index >= 15 is 0 Å². The van der Waals surface area contributed by atoms with Crippen LogP contribution in [-0.4, -0.2) is 25.0 Å². The summed E-state index contributed by atoms with van der Waals surface area (Å²) < 4.78 is 5.57. The Labute approximate surface area is 154 Å². The summed E-state index contributed by atoms with van der Waals surface area (Å²) in [6.07, 6.45) is 2.07. The molecule has 138 valence electrons. The molecule has 2 aromatic carbocycles. The van der Waals surface area contributed by atoms with Gasteiger partial charge in [0, 0.05) is 11.3 Å². The average Bonchev–Trinajstić information content (AvgIpc) is 2.63. The highest BCUT2D eigenvalue weighted by molar-refractivity contribution is 5.99. The minimum atomic E-state index is -0.291. The molecule has 2 aromatic rings. The van der Waals surface area contributed by atoms with Crippen LogP contribution in [0.3, 0.4) is 0 Å². The van der Waals surface area contributed by atoms with E-state index in [0.717, 1.165) is 35.4 Å². The molecule has 0 aliphatic heterocycles. The maximum Gasteiger partial charge on any atom is 0.251 e. The lowest BCUT2D eigenvalue weighted by molar-refractivity contribution is -0.115. The number of unbranched alkanes of at least 4 members (excludes halogenated alkanes) is 1. The largest absolute Gasteiger partial charge is 0.494 e. The third-order valence-electron chi connectivity index (χ3n) is 3.96. The first kappa shape index (κ1) is 19.5. The van der Waals surface area contributed by atoms with E-state index in [-0.39, 0.29) is 18.4 Å². The Morgan fingerprint density at radius 2 is 1.77 bits per heavy atom. The van der Waals surface area contributed by atoms with E-state index in [1.807, 2.05) is 32.0 Å². The normalized spacial score (nSPS) is 10.3. The zero-order chi connectivity index (χ0) is 18.9. The molecular formula is C21H26N2O3. The van der Waals surface area contributed by atoms with Crippen molar-refractivity contribution in [3.8, 4) is 5.75 Å². The monoisotopic (exact) mass is 354 g/mol. The molecule has 0 aliphatic rings. The highest BCUT2D eigenvalue weighted by atomic mass is 16.5. The minimum absolute atomic E-state index is 0.0824. The van der Waals surface area contributed by atoms with Crippen molar-refractivity contribution in [1.29, 1.82) is 0 Å². The Hall–Kier alpha value is -2.82. The summed E-state index contributed by atoms with van der Waals surface area (Å²) in [7, 11) is 0. The fraction of sp³-hybridized carbons (Fsp3) is 0.333. The predicted molar refractivity (Wildman–Crippen MR) is 104 cm³/mol. The summed E-state index contributed by atoms with van der Waals surface area (Å²) in [5.41, 5.74) is 3.30. The summed E-state index contributed by atoms with van der Waals surface area (Å²) in [6.45, 7) is 6.58. The maximum atomic E-state index is 12.2. The number of ether oxygens (including phenoxy) is 1. The summed E-state index contributed by atoms with van der Waals surface area (Å²) in [5.74, 6) is 0.190. The van der Waals surface area contributed by atoms with Crippen molar-refractivity contribution < 1.29 is 14.3 Å². The number of benzene rings is 2. The number of carbonyl (C=O) groups is 2. The Bertz CT molecular complexity index is 754. The van der Waals surface area contributed by atoms with Crippen molar-refractivity contribution in [1.82, 2.24) is 5.32 Å². The van der Waals surface area contributed by atoms with Gasteiger partial charge >= 0.3 is 0 Å². The van der Waals surface area contributed by atoms with Gasteiger partial charge in [0.05, 0.1) is 13.2 Å². The topological polar surface area (TPSA) is 67.4 Å². The molecule has 2 rings (SSSR count). The van der Waals surface area contributed by atoms with Crippen molar-refractivity contribution in [2.75, 3.05) is 18.5 Å². The van der Waals surface area contributed by atoms with Crippen LogP contribution in [0.4, 0.5) is 5.69 Å². The number of rotatable bonds is 8. The van der Waals surface area contributed by atoms with Crippen LogP contribution in [0.15, 0.2) is 42.5 Å². The van der Waals surface area contributed by atoms with E-state index < -0.39 is 0 Å². The molecule has 2 N–H and O–H groups in total. The molecule has 2 amide bonds. The Morgan fingerprint density at radius 1 is 1.04 bits per heavy atom. The average molecular weight is 354 g/mol. The van der Waals surface area contributed by atoms with Gasteiger partial charge in [-0.3, -0.25) is 9.59 Å². The van der Waals surface area contributed by atoms with Crippen LogP contribution in [-0.2, 0) is 4.79 Å². The van der Waals surface area contributed by atoms with Crippen LogP contribution in [0, 0.1) is 13.8 Å². The first-order chi connectivity index (χ1) is 12.5. The number of amides is 2. The van der Waals surface area contributed by atoms with Gasteiger partial charge < -0.3 is 15.4 Å². The van der Waals surface area contributed by atoms with E-state index in [1.54, 1.807) is 24.3 Å². The quantitative estimate of drug-likeness (QED) is 0.708. The predicted octanol–water partition coefficient (Wildman–Crippen LogP) is 3.85. The van der Waals surface area contributed by atoms with Gasteiger partial charge in [-0.15, -0.1) is 0 Å². The fourth-order valence-electron chi connectivity index (χ4n) is 2.36. The third-order valence-corrected chi connectivity index (χ3v) is 3.96. The second kappa shape index (κ2) is 9.61. The van der Waals surface area contributed by atoms with E-state index in [9.17, 15) is 9.59 Å². The van der Waals surface area contributed by atoms with Crippen LogP contribution in [0.5, 0.6) is 5.75 Å². The number of carbonyl (C=O) groups excluding carboxylic acids is 2. The second-order valence-electron chi connectivity index (χ2n) is 6.28. The minimum Gasteiger partial charge on any atom is -0.494 e. The molecule has 0 atom stereocenters. The Balaban J connectivity index is 1.83. The SMILES string of the molecule is CCCCOc1ccc(C(=O)NCC(=O)Nc2cc(C)ccc2C)cc1. The van der Waals surface area contributed by atoms with Gasteiger partial charge in [-0.1, -0.05) is 25.5 Å². The van der Waals surface area contributed by atoms with Crippen molar-refractivity contribution in [2.24, 2.45) is 0 Å². The highest BCUT2D eigenvalue weighted by Gasteiger charge is 2.09. The first-order valence-corrected chi connectivity index (χ1v) is 8.87. The third kappa shape index (κ3) is 5.92. The van der Waals surface area contributed by atoms with Crippen molar-refractivity contribution in [3.63, 3.8) is 0 Å². The zero-order valence-electron chi connectivity index (χ0n) is 15.6. The zero-order valence-corrected chi connectivity index (χ0v) is 15.6. The van der Waals surface area contributed by atoms with Crippen molar-refractivity contribution >= 4 is 17.5 Å². The molecule has 0 aliphatic carbocycles. The number of hydrogen-bond donors (Lipinski definition) is 2. The number of nitrogens with one attached hydrogen (secondary N) is 2. The van der Waals surface area contributed by atoms with Gasteiger partial charge in [-0.25, -0.2) is 0 Å². The first-order valence-electron chi connectivity index (χ1n) is 8.87. The van der Waals surface area contributed by atoms with Gasteiger partial charge in [0.2, 0.25) is 5.91 Å². The van der Waals surface area contributed by atoms with Crippen LogP contribution < -0.4 is 15.4 Å². The molecule has 0 saturated heterocycles. The lowest BCUT2D eigenvalue weighted by atomic mass is 10.1. The molecule has 5 heteroatoms. The second-order valence-corrected chi connectivity index (χ2v) is 6.28. The van der Waals surface area contributed by atoms with E-state index in [0.29, 0.717) is 12.2 Å². The molecule has 0 unspecified atom stereocenters. The number of aryl methyl sites for hydroxylation is 2. The summed E-state index contributed by atoms with van der Waals surface area (Å²) in [6, 6.07) is 12.8. The standard InChI is InChI=1S/C21H26N2O3/c1-4-5-12-26-18-10-8-17(9-11-18)21(25)22-14-20(24)23-19-13-15(2)6-7-16(19)3/h6-11,13H,4-5,12,14H2,1-3H3,(H,22,25)(H,23,24). The van der Waals surface area contributed by atoms with Crippen LogP contribution in [0.25, 0.3) is 0 Å². The molecular weight excluding hydrogens is 328 g/mol. The molecule has 0 aromatic heterocycles. The highest BCUT2D eigenvalue weighted by Crippen LogP contribution is 2.16. The molecule has 0 spiro atoms. The summed E-state index contributed by atoms with van der Waals surface area (Å²) in [4.78, 5) is 24.2. The fourth-order valence-corrected chi connectivity index (χ4v) is 2.36. The van der Waals surface area contributed by atoms with Crippen molar-refractivity contribution in [2.45, 2.75) is 33.6 Å². The van der Waals surface area contributed by atoms with Crippen LogP contribution in [0.2, 0.25) is 0 Å². The molecule has 0 heterocycles. The number of hydrogen-bond acceptors (Lipinski definition) is 3. The molecule has 5 nitrogen and oxygen atoms in total. The van der Waals surface area contributed by atoms with Gasteiger partial charge in [-0.05, 0) is 61.7 Å². The van der Waals surface area contributed by atoms with Gasteiger partial charge in [0.25, 0.3) is 5.91 Å². The maximum absolute atomic E-state index is 12.2. The Kier molecular flexibility index (Phi) is 7.21. The molecule has 0 saturated carbocycles. The van der Waals surface area contributed by atoms with E-state index in [2.05, 4.69) is 17.6 Å². The van der Waals surface area contributed by atoms with Gasteiger partial charge in [0.15, 0.2) is 0 Å². The van der Waals surface area contributed by atoms with Gasteiger partial charge in [0.1, 0.15) is 5.75 Å². The number of anilines is 1. The molecule has 0 bridgehead atoms. The summed E-state index contributed by atoms with van der Waals surface area (Å²) in [5, 5.41) is 5.46. The smallest absolute Gasteiger partial charge is 0.251 e. The van der Waals surface area contributed by atoms with E-state index in [4.69, 9.17) is 4.74 Å². The van der Waals surface area contributed by atoms with Crippen LogP contribution >= 0.6 is 0 Å². The molecule has 0 fully saturated rings. The molecule has 0 radical (unpaired) electrons. The molecule has 26 heavy (non-hydrogen) atoms. The lowest BCUT2D eigenvalue weighted by Crippen LogP contribution is -2.33.